The van der Waals surface area contributed by atoms with Gasteiger partial charge in [-0.25, -0.2) is 0 Å². The third-order valence-electron chi connectivity index (χ3n) is 4.91. The Bertz CT molecular complexity index is 1170. The zero-order valence-electron chi connectivity index (χ0n) is 17.8. The summed E-state index contributed by atoms with van der Waals surface area (Å²) in [7, 11) is 0. The van der Waals surface area contributed by atoms with Gasteiger partial charge in [0.1, 0.15) is 10.8 Å². The number of ether oxygens (including phenoxy) is 1. The topological polar surface area (TPSA) is 119 Å². The highest BCUT2D eigenvalue weighted by Gasteiger charge is 2.34. The average molecular weight is 490 g/mol. The zero-order chi connectivity index (χ0) is 24.1. The van der Waals surface area contributed by atoms with E-state index in [0.29, 0.717) is 11.3 Å². The van der Waals surface area contributed by atoms with Crippen LogP contribution in [0.25, 0.3) is 6.08 Å². The van der Waals surface area contributed by atoms with E-state index in [2.05, 4.69) is 5.32 Å². The van der Waals surface area contributed by atoms with E-state index in [1.165, 1.54) is 24.3 Å². The molecule has 0 bridgehead atoms. The van der Waals surface area contributed by atoms with Gasteiger partial charge in [-0.05, 0) is 60.5 Å². The molecule has 0 aromatic heterocycles. The third-order valence-corrected chi connectivity index (χ3v) is 6.14. The molecule has 33 heavy (non-hydrogen) atoms. The molecule has 3 amide bonds. The first-order chi connectivity index (χ1) is 15.7. The predicted molar refractivity (Wildman–Crippen MR) is 125 cm³/mol. The average Bonchev–Trinajstić information content (AvgIpc) is 3.03. The van der Waals surface area contributed by atoms with Gasteiger partial charge in [0.05, 0.1) is 9.83 Å². The summed E-state index contributed by atoms with van der Waals surface area (Å²) >= 11 is 6.52. The van der Waals surface area contributed by atoms with Crippen LogP contribution in [-0.4, -0.2) is 46.6 Å². The fourth-order valence-electron chi connectivity index (χ4n) is 2.99. The summed E-state index contributed by atoms with van der Waals surface area (Å²) in [6, 6.07) is 9.65. The molecule has 0 radical (unpaired) electrons. The van der Waals surface area contributed by atoms with Crippen molar-refractivity contribution in [1.82, 2.24) is 10.2 Å². The summed E-state index contributed by atoms with van der Waals surface area (Å²) < 4.78 is 5.53. The van der Waals surface area contributed by atoms with Crippen LogP contribution in [0.4, 0.5) is 10.5 Å². The molecule has 9 nitrogen and oxygen atoms in total. The third kappa shape index (κ3) is 5.91. The number of carbonyl (C=O) groups is 3. The fraction of sp³-hybridized carbons (Fsp3) is 0.227. The number of amides is 3. The van der Waals surface area contributed by atoms with Crippen molar-refractivity contribution in [3.8, 4) is 5.75 Å². The molecule has 1 heterocycles. The van der Waals surface area contributed by atoms with E-state index in [4.69, 9.17) is 16.3 Å². The number of hydrogen-bond donors (Lipinski definition) is 1. The summed E-state index contributed by atoms with van der Waals surface area (Å²) in [4.78, 5) is 48.4. The number of rotatable bonds is 8. The minimum Gasteiger partial charge on any atom is -0.483 e. The van der Waals surface area contributed by atoms with E-state index >= 15 is 0 Å². The van der Waals surface area contributed by atoms with Crippen LogP contribution < -0.4 is 10.1 Å². The van der Waals surface area contributed by atoms with Gasteiger partial charge >= 0.3 is 0 Å². The minimum absolute atomic E-state index is 0.0159. The maximum atomic E-state index is 12.6. The number of nitrogens with one attached hydrogen (secondary N) is 1. The molecule has 2 aromatic carbocycles. The number of benzene rings is 2. The molecule has 2 aromatic rings. The molecule has 0 atom stereocenters. The van der Waals surface area contributed by atoms with E-state index in [1.807, 2.05) is 26.0 Å². The van der Waals surface area contributed by atoms with Gasteiger partial charge in [0.25, 0.3) is 22.7 Å². The Kier molecular flexibility index (Phi) is 7.72. The second-order valence-corrected chi connectivity index (χ2v) is 8.54. The number of hydrogen-bond acceptors (Lipinski definition) is 7. The monoisotopic (exact) mass is 489 g/mol. The van der Waals surface area contributed by atoms with Crippen LogP contribution in [0.2, 0.25) is 5.02 Å². The zero-order valence-corrected chi connectivity index (χ0v) is 19.4. The Morgan fingerprint density at radius 1 is 1.27 bits per heavy atom. The maximum Gasteiger partial charge on any atom is 0.293 e. The summed E-state index contributed by atoms with van der Waals surface area (Å²) in [5, 5.41) is 13.1. The lowest BCUT2D eigenvalue weighted by Gasteiger charge is -2.14. The Morgan fingerprint density at radius 2 is 2.03 bits per heavy atom. The summed E-state index contributed by atoms with van der Waals surface area (Å²) in [6.07, 6.45) is 1.39. The lowest BCUT2D eigenvalue weighted by Crippen LogP contribution is -2.38. The number of carbonyl (C=O) groups excluding carboxylic acids is 3. The molecule has 0 saturated carbocycles. The number of nitro groups is 1. The number of nitrogens with zero attached hydrogens (tertiary/aromatic N) is 2. The minimum atomic E-state index is -0.627. The van der Waals surface area contributed by atoms with Crippen LogP contribution in [0.1, 0.15) is 16.7 Å². The number of aryl methyl sites for hydroxylation is 1. The highest BCUT2D eigenvalue weighted by Crippen LogP contribution is 2.33. The first-order valence-electron chi connectivity index (χ1n) is 9.82. The smallest absolute Gasteiger partial charge is 0.293 e. The number of imide groups is 1. The van der Waals surface area contributed by atoms with Crippen molar-refractivity contribution in [2.75, 3.05) is 19.7 Å². The number of halogens is 1. The van der Waals surface area contributed by atoms with Gasteiger partial charge < -0.3 is 10.1 Å². The van der Waals surface area contributed by atoms with E-state index in [9.17, 15) is 24.5 Å². The van der Waals surface area contributed by atoms with Crippen molar-refractivity contribution in [1.29, 1.82) is 0 Å². The number of nitro benzene ring substituents is 1. The standard InChI is InChI=1S/C22H20ClN3O6S/c1-13-4-3-5-18(14(13)2)32-12-20(27)24-8-9-25-21(28)19(33-22(25)29)11-15-6-7-16(23)17(10-15)26(30)31/h3-7,10-11H,8-9,12H2,1-2H3,(H,24,27)/b19-11-. The molecule has 11 heteroatoms. The SMILES string of the molecule is Cc1cccc(OCC(=O)NCCN2C(=O)S/C(=C\c3ccc(Cl)c([N+](=O)[O-])c3)C2=O)c1C. The quantitative estimate of drug-likeness (QED) is 0.337. The molecule has 1 aliphatic rings. The Labute approximate surface area is 198 Å². The Balaban J connectivity index is 1.54. The highest BCUT2D eigenvalue weighted by molar-refractivity contribution is 8.18. The van der Waals surface area contributed by atoms with Crippen LogP contribution in [0.5, 0.6) is 5.75 Å². The van der Waals surface area contributed by atoms with E-state index in [1.54, 1.807) is 6.07 Å². The molecule has 1 aliphatic heterocycles. The summed E-state index contributed by atoms with van der Waals surface area (Å²) in [5.74, 6) is -0.306. The van der Waals surface area contributed by atoms with E-state index < -0.39 is 16.1 Å². The van der Waals surface area contributed by atoms with E-state index in [0.717, 1.165) is 27.8 Å². The molecule has 0 spiro atoms. The van der Waals surface area contributed by atoms with Gasteiger partial charge in [-0.2, -0.15) is 0 Å². The van der Waals surface area contributed by atoms with Crippen molar-refractivity contribution in [3.63, 3.8) is 0 Å². The van der Waals surface area contributed by atoms with Gasteiger partial charge in [-0.1, -0.05) is 29.8 Å². The van der Waals surface area contributed by atoms with Crippen LogP contribution >= 0.6 is 23.4 Å². The molecule has 1 saturated heterocycles. The van der Waals surface area contributed by atoms with Crippen molar-refractivity contribution < 1.29 is 24.0 Å². The molecular weight excluding hydrogens is 470 g/mol. The first kappa shape index (κ1) is 24.3. The van der Waals surface area contributed by atoms with Crippen LogP contribution in [0.15, 0.2) is 41.3 Å². The molecular formula is C22H20ClN3O6S. The van der Waals surface area contributed by atoms with Gasteiger partial charge in [-0.3, -0.25) is 29.4 Å². The van der Waals surface area contributed by atoms with Gasteiger partial charge in [0.2, 0.25) is 0 Å². The molecule has 0 aliphatic carbocycles. The molecule has 0 unspecified atom stereocenters. The van der Waals surface area contributed by atoms with Crippen LogP contribution in [-0.2, 0) is 9.59 Å². The van der Waals surface area contributed by atoms with Crippen LogP contribution in [0, 0.1) is 24.0 Å². The largest absolute Gasteiger partial charge is 0.483 e. The molecule has 3 rings (SSSR count). The summed E-state index contributed by atoms with van der Waals surface area (Å²) in [5.41, 5.74) is 2.07. The Morgan fingerprint density at radius 3 is 2.76 bits per heavy atom. The van der Waals surface area contributed by atoms with Crippen molar-refractivity contribution >= 4 is 52.2 Å². The second-order valence-electron chi connectivity index (χ2n) is 7.14. The highest BCUT2D eigenvalue weighted by atomic mass is 35.5. The number of thioether (sulfide) groups is 1. The lowest BCUT2D eigenvalue weighted by molar-refractivity contribution is -0.384. The lowest BCUT2D eigenvalue weighted by atomic mass is 10.1. The van der Waals surface area contributed by atoms with Crippen molar-refractivity contribution in [2.45, 2.75) is 13.8 Å². The van der Waals surface area contributed by atoms with Gasteiger partial charge in [-0.15, -0.1) is 0 Å². The molecule has 1 N–H and O–H groups in total. The van der Waals surface area contributed by atoms with E-state index in [-0.39, 0.29) is 41.2 Å². The predicted octanol–water partition coefficient (Wildman–Crippen LogP) is 4.10. The Hall–Kier alpha value is -3.37. The summed E-state index contributed by atoms with van der Waals surface area (Å²) in [6.45, 7) is 3.70. The molecule has 172 valence electrons. The second kappa shape index (κ2) is 10.5. The fourth-order valence-corrected chi connectivity index (χ4v) is 4.04. The normalized spacial score (nSPS) is 14.6. The van der Waals surface area contributed by atoms with Gasteiger partial charge in [0.15, 0.2) is 6.61 Å². The van der Waals surface area contributed by atoms with Crippen molar-refractivity contribution in [2.24, 2.45) is 0 Å². The first-order valence-corrected chi connectivity index (χ1v) is 11.0. The van der Waals surface area contributed by atoms with Gasteiger partial charge in [0, 0.05) is 19.2 Å². The van der Waals surface area contributed by atoms with Crippen molar-refractivity contribution in [3.05, 3.63) is 73.1 Å². The maximum absolute atomic E-state index is 12.6. The van der Waals surface area contributed by atoms with Crippen LogP contribution in [0.3, 0.4) is 0 Å². The molecule has 1 fully saturated rings.